The van der Waals surface area contributed by atoms with Gasteiger partial charge in [-0.2, -0.15) is 10.1 Å². The lowest BCUT2D eigenvalue weighted by Crippen LogP contribution is -2.33. The minimum absolute atomic E-state index is 0.200. The van der Waals surface area contributed by atoms with Crippen molar-refractivity contribution in [3.63, 3.8) is 0 Å². The summed E-state index contributed by atoms with van der Waals surface area (Å²) in [6.07, 6.45) is 3.02. The Balaban J connectivity index is 1.77. The molecule has 6 nitrogen and oxygen atoms in total. The molecule has 0 bridgehead atoms. The highest BCUT2D eigenvalue weighted by atomic mass is 16.1. The van der Waals surface area contributed by atoms with E-state index in [-0.39, 0.29) is 11.8 Å². The Hall–Kier alpha value is -2.63. The predicted octanol–water partition coefficient (Wildman–Crippen LogP) is 3.39. The van der Waals surface area contributed by atoms with E-state index in [4.69, 9.17) is 0 Å². The van der Waals surface area contributed by atoms with Crippen LogP contribution in [0.3, 0.4) is 0 Å². The standard InChI is InChI=1S/C20H25N5O/c1-4-24(5-2)15-8-6-14(7-9-15)19-18-16(10-13(3)11-17(18)26)23-20-21-12-22-25(19)20/h6-9,12-13,19H,4-5,10-11H2,1-3H3,(H,21,22,23)/t13-,19+/m1/s1. The molecule has 1 aliphatic carbocycles. The molecule has 0 amide bonds. The van der Waals surface area contributed by atoms with Crippen molar-refractivity contribution in [2.75, 3.05) is 23.3 Å². The molecule has 2 atom stereocenters. The normalized spacial score (nSPS) is 21.9. The topological polar surface area (TPSA) is 63.1 Å². The van der Waals surface area contributed by atoms with Crippen molar-refractivity contribution >= 4 is 17.4 Å². The van der Waals surface area contributed by atoms with Crippen LogP contribution >= 0.6 is 0 Å². The number of aromatic nitrogens is 3. The number of carbonyl (C=O) groups is 1. The zero-order chi connectivity index (χ0) is 18.3. The zero-order valence-electron chi connectivity index (χ0n) is 15.6. The molecule has 0 spiro atoms. The molecule has 0 unspecified atom stereocenters. The van der Waals surface area contributed by atoms with Gasteiger partial charge in [-0.1, -0.05) is 19.1 Å². The third-order valence-electron chi connectivity index (χ3n) is 5.40. The number of allylic oxidation sites excluding steroid dienone is 2. The number of rotatable bonds is 4. The van der Waals surface area contributed by atoms with Crippen LogP contribution in [-0.4, -0.2) is 33.6 Å². The molecule has 0 saturated carbocycles. The third-order valence-corrected chi connectivity index (χ3v) is 5.40. The number of ketones is 1. The summed E-state index contributed by atoms with van der Waals surface area (Å²) in [7, 11) is 0. The molecule has 0 fully saturated rings. The summed E-state index contributed by atoms with van der Waals surface area (Å²) in [4.78, 5) is 19.5. The van der Waals surface area contributed by atoms with Crippen LogP contribution in [0.4, 0.5) is 11.6 Å². The lowest BCUT2D eigenvalue weighted by atomic mass is 9.81. The van der Waals surface area contributed by atoms with Gasteiger partial charge in [0.15, 0.2) is 5.78 Å². The van der Waals surface area contributed by atoms with Crippen molar-refractivity contribution in [3.8, 4) is 0 Å². The molecule has 0 radical (unpaired) electrons. The van der Waals surface area contributed by atoms with Crippen LogP contribution in [0.1, 0.15) is 45.2 Å². The SMILES string of the molecule is CCN(CC)c1ccc([C@H]2C3=C(C[C@@H](C)CC3=O)Nc3ncnn32)cc1. The van der Waals surface area contributed by atoms with Gasteiger partial charge in [-0.25, -0.2) is 4.68 Å². The van der Waals surface area contributed by atoms with Gasteiger partial charge in [0.25, 0.3) is 0 Å². The first-order chi connectivity index (χ1) is 12.6. The van der Waals surface area contributed by atoms with Crippen molar-refractivity contribution in [1.82, 2.24) is 14.8 Å². The highest BCUT2D eigenvalue weighted by molar-refractivity contribution is 5.99. The fourth-order valence-electron chi connectivity index (χ4n) is 4.11. The number of nitrogens with one attached hydrogen (secondary N) is 1. The number of nitrogens with zero attached hydrogens (tertiary/aromatic N) is 4. The van der Waals surface area contributed by atoms with Crippen LogP contribution in [0, 0.1) is 5.92 Å². The smallest absolute Gasteiger partial charge is 0.226 e. The van der Waals surface area contributed by atoms with Gasteiger partial charge in [0, 0.05) is 36.5 Å². The zero-order valence-corrected chi connectivity index (χ0v) is 15.6. The lowest BCUT2D eigenvalue weighted by Gasteiger charge is -2.34. The Bertz CT molecular complexity index is 847. The van der Waals surface area contributed by atoms with Crippen LogP contribution in [0.15, 0.2) is 41.9 Å². The summed E-state index contributed by atoms with van der Waals surface area (Å²) in [5.74, 6) is 1.28. The maximum atomic E-state index is 12.9. The Morgan fingerprint density at radius 3 is 2.62 bits per heavy atom. The Labute approximate surface area is 153 Å². The van der Waals surface area contributed by atoms with E-state index in [0.29, 0.717) is 18.3 Å². The van der Waals surface area contributed by atoms with Gasteiger partial charge in [-0.05, 0) is 43.9 Å². The number of benzene rings is 1. The van der Waals surface area contributed by atoms with Gasteiger partial charge in [-0.3, -0.25) is 4.79 Å². The average Bonchev–Trinajstić information content (AvgIpc) is 3.09. The summed E-state index contributed by atoms with van der Waals surface area (Å²) in [5, 5.41) is 7.72. The Morgan fingerprint density at radius 1 is 1.19 bits per heavy atom. The van der Waals surface area contributed by atoms with Crippen molar-refractivity contribution < 1.29 is 4.79 Å². The molecule has 1 aliphatic heterocycles. The second kappa shape index (κ2) is 6.59. The summed E-state index contributed by atoms with van der Waals surface area (Å²) in [6, 6.07) is 8.30. The molecule has 2 aromatic rings. The first kappa shape index (κ1) is 16.8. The summed E-state index contributed by atoms with van der Waals surface area (Å²) in [6.45, 7) is 8.39. The highest BCUT2D eigenvalue weighted by Crippen LogP contribution is 2.41. The minimum Gasteiger partial charge on any atom is -0.372 e. The number of hydrogen-bond donors (Lipinski definition) is 1. The van der Waals surface area contributed by atoms with Gasteiger partial charge in [0.1, 0.15) is 12.4 Å². The Kier molecular flexibility index (Phi) is 4.26. The van der Waals surface area contributed by atoms with E-state index in [1.165, 1.54) is 5.69 Å². The monoisotopic (exact) mass is 351 g/mol. The van der Waals surface area contributed by atoms with E-state index in [1.54, 1.807) is 6.33 Å². The van der Waals surface area contributed by atoms with Gasteiger partial charge in [0.2, 0.25) is 5.95 Å². The van der Waals surface area contributed by atoms with Crippen LogP contribution < -0.4 is 10.2 Å². The summed E-state index contributed by atoms with van der Waals surface area (Å²) in [5.41, 5.74) is 4.12. The fourth-order valence-corrected chi connectivity index (χ4v) is 4.11. The highest BCUT2D eigenvalue weighted by Gasteiger charge is 2.37. The third kappa shape index (κ3) is 2.69. The van der Waals surface area contributed by atoms with Gasteiger partial charge >= 0.3 is 0 Å². The molecular weight excluding hydrogens is 326 g/mol. The quantitative estimate of drug-likeness (QED) is 0.915. The van der Waals surface area contributed by atoms with E-state index >= 15 is 0 Å². The van der Waals surface area contributed by atoms with Gasteiger partial charge in [-0.15, -0.1) is 0 Å². The number of carbonyl (C=O) groups excluding carboxylic acids is 1. The van der Waals surface area contributed by atoms with Crippen LogP contribution in [0.5, 0.6) is 0 Å². The van der Waals surface area contributed by atoms with Crippen LogP contribution in [0.2, 0.25) is 0 Å². The predicted molar refractivity (Wildman–Crippen MR) is 102 cm³/mol. The largest absolute Gasteiger partial charge is 0.372 e. The number of anilines is 2. The second-order valence-electron chi connectivity index (χ2n) is 7.15. The molecule has 1 aromatic heterocycles. The molecule has 1 aromatic carbocycles. The molecular formula is C20H25N5O. The maximum absolute atomic E-state index is 12.9. The molecule has 2 heterocycles. The van der Waals surface area contributed by atoms with Crippen LogP contribution in [0.25, 0.3) is 0 Å². The summed E-state index contributed by atoms with van der Waals surface area (Å²) < 4.78 is 1.83. The molecule has 1 N–H and O–H groups in total. The first-order valence-corrected chi connectivity index (χ1v) is 9.40. The van der Waals surface area contributed by atoms with Gasteiger partial charge in [0.05, 0.1) is 0 Å². The van der Waals surface area contributed by atoms with E-state index in [0.717, 1.165) is 36.3 Å². The Morgan fingerprint density at radius 2 is 1.92 bits per heavy atom. The number of fused-ring (bicyclic) bond motifs is 1. The first-order valence-electron chi connectivity index (χ1n) is 9.40. The van der Waals surface area contributed by atoms with E-state index in [2.05, 4.69) is 65.3 Å². The fraction of sp³-hybridized carbons (Fsp3) is 0.450. The maximum Gasteiger partial charge on any atom is 0.226 e. The molecule has 2 aliphatic rings. The molecule has 6 heteroatoms. The molecule has 26 heavy (non-hydrogen) atoms. The van der Waals surface area contributed by atoms with E-state index < -0.39 is 0 Å². The minimum atomic E-state index is -0.200. The van der Waals surface area contributed by atoms with Crippen molar-refractivity contribution in [2.45, 2.75) is 39.7 Å². The summed E-state index contributed by atoms with van der Waals surface area (Å²) >= 11 is 0. The van der Waals surface area contributed by atoms with E-state index in [9.17, 15) is 4.79 Å². The second-order valence-corrected chi connectivity index (χ2v) is 7.15. The number of hydrogen-bond acceptors (Lipinski definition) is 5. The van der Waals surface area contributed by atoms with Crippen LogP contribution in [-0.2, 0) is 4.79 Å². The van der Waals surface area contributed by atoms with Crippen molar-refractivity contribution in [1.29, 1.82) is 0 Å². The van der Waals surface area contributed by atoms with E-state index in [1.807, 2.05) is 4.68 Å². The number of Topliss-reactive ketones (excluding diaryl/α,β-unsaturated/α-hetero) is 1. The molecule has 0 saturated heterocycles. The van der Waals surface area contributed by atoms with Crippen molar-refractivity contribution in [3.05, 3.63) is 47.4 Å². The molecule has 4 rings (SSSR count). The molecule has 136 valence electrons. The lowest BCUT2D eigenvalue weighted by molar-refractivity contribution is -0.117. The average molecular weight is 351 g/mol. The van der Waals surface area contributed by atoms with Crippen molar-refractivity contribution in [2.24, 2.45) is 5.92 Å². The van der Waals surface area contributed by atoms with Gasteiger partial charge < -0.3 is 10.2 Å².